The topological polar surface area (TPSA) is 54.0 Å². The number of unbranched alkanes of at least 4 members (excludes halogenated alkanes) is 1. The molecular formula is C16H19N3O. The van der Waals surface area contributed by atoms with E-state index >= 15 is 0 Å². The number of carbonyl (C=O) groups is 1. The van der Waals surface area contributed by atoms with Crippen molar-refractivity contribution in [3.63, 3.8) is 0 Å². The largest absolute Gasteiger partial charge is 0.384 e. The van der Waals surface area contributed by atoms with Gasteiger partial charge in [0.15, 0.2) is 0 Å². The van der Waals surface area contributed by atoms with Crippen LogP contribution in [0.2, 0.25) is 0 Å². The van der Waals surface area contributed by atoms with Crippen LogP contribution in [-0.2, 0) is 0 Å². The smallest absolute Gasteiger partial charge is 0.256 e. The van der Waals surface area contributed by atoms with E-state index in [0.717, 1.165) is 25.1 Å². The molecule has 0 atom stereocenters. The van der Waals surface area contributed by atoms with E-state index in [0.29, 0.717) is 11.4 Å². The number of hydrogen-bond acceptors (Lipinski definition) is 3. The number of carbonyl (C=O) groups excluding carboxylic acids is 1. The summed E-state index contributed by atoms with van der Waals surface area (Å²) in [5, 5.41) is 6.06. The molecule has 0 fully saturated rings. The monoisotopic (exact) mass is 269 g/mol. The Morgan fingerprint density at radius 2 is 1.95 bits per heavy atom. The van der Waals surface area contributed by atoms with Crippen molar-refractivity contribution in [3.05, 3.63) is 54.2 Å². The molecule has 0 radical (unpaired) electrons. The maximum atomic E-state index is 11.9. The van der Waals surface area contributed by atoms with Crippen LogP contribution in [0.1, 0.15) is 30.1 Å². The Bertz CT molecular complexity index is 537. The summed E-state index contributed by atoms with van der Waals surface area (Å²) in [6.07, 6.45) is 4.02. The van der Waals surface area contributed by atoms with Gasteiger partial charge in [0.05, 0.1) is 11.9 Å². The van der Waals surface area contributed by atoms with Gasteiger partial charge in [-0.15, -0.1) is 0 Å². The summed E-state index contributed by atoms with van der Waals surface area (Å²) in [5.41, 5.74) is 1.59. The minimum atomic E-state index is -0.148. The van der Waals surface area contributed by atoms with Crippen molar-refractivity contribution in [2.45, 2.75) is 19.8 Å². The average Bonchev–Trinajstić information content (AvgIpc) is 2.50. The van der Waals surface area contributed by atoms with E-state index in [4.69, 9.17) is 0 Å². The van der Waals surface area contributed by atoms with E-state index in [1.807, 2.05) is 24.3 Å². The fourth-order valence-electron chi connectivity index (χ4n) is 1.76. The first-order valence-electron chi connectivity index (χ1n) is 6.86. The highest BCUT2D eigenvalue weighted by atomic mass is 16.1. The molecular weight excluding hydrogens is 250 g/mol. The predicted molar refractivity (Wildman–Crippen MR) is 82.0 cm³/mol. The Morgan fingerprint density at radius 1 is 1.15 bits per heavy atom. The van der Waals surface area contributed by atoms with Crippen LogP contribution in [0.3, 0.4) is 0 Å². The van der Waals surface area contributed by atoms with Gasteiger partial charge in [-0.1, -0.05) is 31.5 Å². The van der Waals surface area contributed by atoms with Crippen LogP contribution in [0.25, 0.3) is 0 Å². The van der Waals surface area contributed by atoms with E-state index in [9.17, 15) is 4.79 Å². The molecule has 0 aliphatic carbocycles. The number of nitrogens with one attached hydrogen (secondary N) is 2. The van der Waals surface area contributed by atoms with Crippen LogP contribution in [-0.4, -0.2) is 17.4 Å². The molecule has 1 aromatic heterocycles. The summed E-state index contributed by atoms with van der Waals surface area (Å²) in [4.78, 5) is 16.2. The van der Waals surface area contributed by atoms with Crippen LogP contribution < -0.4 is 10.6 Å². The maximum absolute atomic E-state index is 11.9. The Kier molecular flexibility index (Phi) is 5.12. The Balaban J connectivity index is 1.92. The van der Waals surface area contributed by atoms with Crippen molar-refractivity contribution in [2.24, 2.45) is 0 Å². The zero-order valence-corrected chi connectivity index (χ0v) is 11.6. The van der Waals surface area contributed by atoms with E-state index in [1.54, 1.807) is 24.4 Å². The number of nitrogens with zero attached hydrogens (tertiary/aromatic N) is 1. The molecule has 2 N–H and O–H groups in total. The molecule has 0 spiro atoms. The zero-order chi connectivity index (χ0) is 14.2. The van der Waals surface area contributed by atoms with Gasteiger partial charge in [0.2, 0.25) is 0 Å². The lowest BCUT2D eigenvalue weighted by Crippen LogP contribution is -2.12. The molecule has 2 aromatic rings. The summed E-state index contributed by atoms with van der Waals surface area (Å²) in [5.74, 6) is 0.407. The first kappa shape index (κ1) is 14.1. The second-order valence-electron chi connectivity index (χ2n) is 4.53. The van der Waals surface area contributed by atoms with Gasteiger partial charge >= 0.3 is 0 Å². The maximum Gasteiger partial charge on any atom is 0.256 e. The fourth-order valence-corrected chi connectivity index (χ4v) is 1.76. The summed E-state index contributed by atoms with van der Waals surface area (Å²) in [6.45, 7) is 3.09. The number of benzene rings is 1. The quantitative estimate of drug-likeness (QED) is 0.789. The van der Waals surface area contributed by atoms with Gasteiger partial charge in [-0.05, 0) is 30.7 Å². The molecule has 0 saturated carbocycles. The highest BCUT2D eigenvalue weighted by Gasteiger charge is 2.05. The Labute approximate surface area is 119 Å². The lowest BCUT2D eigenvalue weighted by atomic mass is 10.2. The van der Waals surface area contributed by atoms with Crippen molar-refractivity contribution in [3.8, 4) is 0 Å². The molecule has 1 aromatic carbocycles. The van der Waals surface area contributed by atoms with Crippen molar-refractivity contribution < 1.29 is 4.79 Å². The molecule has 4 nitrogen and oxygen atoms in total. The minimum absolute atomic E-state index is 0.148. The van der Waals surface area contributed by atoms with Crippen molar-refractivity contribution >= 4 is 17.4 Å². The highest BCUT2D eigenvalue weighted by molar-refractivity contribution is 6.03. The molecule has 0 unspecified atom stereocenters. The van der Waals surface area contributed by atoms with Crippen molar-refractivity contribution in [1.29, 1.82) is 0 Å². The third-order valence-corrected chi connectivity index (χ3v) is 2.90. The van der Waals surface area contributed by atoms with E-state index < -0.39 is 0 Å². The predicted octanol–water partition coefficient (Wildman–Crippen LogP) is 3.55. The molecule has 20 heavy (non-hydrogen) atoms. The second kappa shape index (κ2) is 7.28. The summed E-state index contributed by atoms with van der Waals surface area (Å²) in [7, 11) is 0. The number of rotatable bonds is 6. The summed E-state index contributed by atoms with van der Waals surface area (Å²) >= 11 is 0. The van der Waals surface area contributed by atoms with Crippen LogP contribution in [0, 0.1) is 0 Å². The van der Waals surface area contributed by atoms with Crippen molar-refractivity contribution in [1.82, 2.24) is 4.98 Å². The zero-order valence-electron chi connectivity index (χ0n) is 11.6. The van der Waals surface area contributed by atoms with Gasteiger partial charge in [0.25, 0.3) is 5.91 Å². The molecule has 104 valence electrons. The Hall–Kier alpha value is -2.36. The second-order valence-corrected chi connectivity index (χ2v) is 4.53. The third kappa shape index (κ3) is 4.09. The fraction of sp³-hybridized carbons (Fsp3) is 0.250. The van der Waals surface area contributed by atoms with E-state index in [2.05, 4.69) is 22.5 Å². The number of hydrogen-bond donors (Lipinski definition) is 2. The van der Waals surface area contributed by atoms with Gasteiger partial charge in [-0.2, -0.15) is 0 Å². The number of anilines is 2. The summed E-state index contributed by atoms with van der Waals surface area (Å²) < 4.78 is 0. The molecule has 2 rings (SSSR count). The number of pyridine rings is 1. The standard InChI is InChI=1S/C16H19N3O/c1-2-3-11-17-14-9-10-15(18-12-14)19-16(20)13-7-5-4-6-8-13/h4-10,12,17H,2-3,11H2,1H3,(H,18,19,20). The lowest BCUT2D eigenvalue weighted by molar-refractivity contribution is 0.102. The molecule has 1 amide bonds. The Morgan fingerprint density at radius 3 is 2.60 bits per heavy atom. The molecule has 0 saturated heterocycles. The first-order chi connectivity index (χ1) is 9.79. The van der Waals surface area contributed by atoms with Crippen LogP contribution in [0.4, 0.5) is 11.5 Å². The van der Waals surface area contributed by atoms with Crippen LogP contribution in [0.15, 0.2) is 48.7 Å². The van der Waals surface area contributed by atoms with Gasteiger partial charge < -0.3 is 10.6 Å². The van der Waals surface area contributed by atoms with Gasteiger partial charge in [0.1, 0.15) is 5.82 Å². The average molecular weight is 269 g/mol. The molecule has 0 bridgehead atoms. The highest BCUT2D eigenvalue weighted by Crippen LogP contribution is 2.11. The van der Waals surface area contributed by atoms with Gasteiger partial charge in [0, 0.05) is 12.1 Å². The van der Waals surface area contributed by atoms with E-state index in [-0.39, 0.29) is 5.91 Å². The minimum Gasteiger partial charge on any atom is -0.384 e. The van der Waals surface area contributed by atoms with Gasteiger partial charge in [-0.25, -0.2) is 4.98 Å². The number of amides is 1. The molecule has 0 aliphatic heterocycles. The first-order valence-corrected chi connectivity index (χ1v) is 6.86. The number of aromatic nitrogens is 1. The molecule has 1 heterocycles. The molecule has 0 aliphatic rings. The van der Waals surface area contributed by atoms with Crippen LogP contribution in [0.5, 0.6) is 0 Å². The lowest BCUT2D eigenvalue weighted by Gasteiger charge is -2.07. The normalized spacial score (nSPS) is 10.1. The van der Waals surface area contributed by atoms with Gasteiger partial charge in [-0.3, -0.25) is 4.79 Å². The van der Waals surface area contributed by atoms with E-state index in [1.165, 1.54) is 0 Å². The SMILES string of the molecule is CCCCNc1ccc(NC(=O)c2ccccc2)nc1. The third-order valence-electron chi connectivity index (χ3n) is 2.90. The summed E-state index contributed by atoms with van der Waals surface area (Å²) in [6, 6.07) is 12.8. The van der Waals surface area contributed by atoms with Crippen molar-refractivity contribution in [2.75, 3.05) is 17.2 Å². The van der Waals surface area contributed by atoms with Crippen LogP contribution >= 0.6 is 0 Å². The molecule has 4 heteroatoms.